The molecule has 1 aliphatic carbocycles. The summed E-state index contributed by atoms with van der Waals surface area (Å²) in [6, 6.07) is 1.46. The smallest absolute Gasteiger partial charge is 0.0120 e. The molecule has 0 saturated carbocycles. The lowest BCUT2D eigenvalue weighted by Crippen LogP contribution is -2.51. The van der Waals surface area contributed by atoms with Gasteiger partial charge in [0.05, 0.1) is 0 Å². The summed E-state index contributed by atoms with van der Waals surface area (Å²) in [5.41, 5.74) is 0. The van der Waals surface area contributed by atoms with Gasteiger partial charge in [0.15, 0.2) is 0 Å². The highest BCUT2D eigenvalue weighted by atomic mass is 15.2. The molecule has 98 valence electrons. The highest BCUT2D eigenvalue weighted by Gasteiger charge is 2.28. The third kappa shape index (κ3) is 3.56. The van der Waals surface area contributed by atoms with E-state index in [4.69, 9.17) is 0 Å². The van der Waals surface area contributed by atoms with Gasteiger partial charge in [0, 0.05) is 18.6 Å². The summed E-state index contributed by atoms with van der Waals surface area (Å²) in [7, 11) is 2.25. The summed E-state index contributed by atoms with van der Waals surface area (Å²) < 4.78 is 0. The molecule has 0 spiro atoms. The molecule has 0 aromatic carbocycles. The van der Waals surface area contributed by atoms with E-state index in [1.54, 1.807) is 0 Å². The van der Waals surface area contributed by atoms with Crippen LogP contribution in [0, 0.1) is 11.8 Å². The van der Waals surface area contributed by atoms with E-state index in [-0.39, 0.29) is 0 Å². The van der Waals surface area contributed by atoms with Crippen LogP contribution in [0.5, 0.6) is 0 Å². The molecular weight excluding hydrogens is 208 g/mol. The SMILES string of the molecule is CC1CN(C)C(C)CC1NCC1CC=CCC1. The van der Waals surface area contributed by atoms with Crippen LogP contribution >= 0.6 is 0 Å². The number of rotatable bonds is 3. The number of likely N-dealkylation sites (tertiary alicyclic amines) is 1. The minimum atomic E-state index is 0.729. The summed E-state index contributed by atoms with van der Waals surface area (Å²) in [6.07, 6.45) is 9.93. The van der Waals surface area contributed by atoms with E-state index < -0.39 is 0 Å². The zero-order valence-electron chi connectivity index (χ0n) is 11.7. The van der Waals surface area contributed by atoms with Crippen molar-refractivity contribution in [3.05, 3.63) is 12.2 Å². The molecule has 0 radical (unpaired) electrons. The Bertz CT molecular complexity index is 262. The van der Waals surface area contributed by atoms with Gasteiger partial charge >= 0.3 is 0 Å². The van der Waals surface area contributed by atoms with Crippen molar-refractivity contribution in [3.63, 3.8) is 0 Å². The molecule has 1 heterocycles. The molecular formula is C15H28N2. The number of allylic oxidation sites excluding steroid dienone is 2. The normalized spacial score (nSPS) is 39.5. The summed E-state index contributed by atoms with van der Waals surface area (Å²) in [4.78, 5) is 2.49. The maximum Gasteiger partial charge on any atom is 0.0120 e. The van der Waals surface area contributed by atoms with Gasteiger partial charge < -0.3 is 10.2 Å². The first-order valence-corrected chi connectivity index (χ1v) is 7.25. The van der Waals surface area contributed by atoms with E-state index in [1.807, 2.05) is 0 Å². The fourth-order valence-corrected chi connectivity index (χ4v) is 3.19. The molecule has 2 aliphatic rings. The maximum atomic E-state index is 3.83. The molecule has 1 saturated heterocycles. The van der Waals surface area contributed by atoms with Gasteiger partial charge in [-0.1, -0.05) is 19.1 Å². The molecule has 2 nitrogen and oxygen atoms in total. The van der Waals surface area contributed by atoms with Gasteiger partial charge in [-0.25, -0.2) is 0 Å². The van der Waals surface area contributed by atoms with E-state index in [0.29, 0.717) is 0 Å². The van der Waals surface area contributed by atoms with E-state index >= 15 is 0 Å². The number of hydrogen-bond donors (Lipinski definition) is 1. The molecule has 17 heavy (non-hydrogen) atoms. The lowest BCUT2D eigenvalue weighted by Gasteiger charge is -2.40. The Morgan fingerprint density at radius 3 is 2.82 bits per heavy atom. The highest BCUT2D eigenvalue weighted by molar-refractivity contribution is 4.92. The Kier molecular flexibility index (Phi) is 4.63. The molecule has 4 atom stereocenters. The van der Waals surface area contributed by atoms with Crippen LogP contribution < -0.4 is 5.32 Å². The fraction of sp³-hybridized carbons (Fsp3) is 0.867. The molecule has 1 N–H and O–H groups in total. The molecule has 1 aliphatic heterocycles. The number of nitrogens with zero attached hydrogens (tertiary/aromatic N) is 1. The van der Waals surface area contributed by atoms with Crippen molar-refractivity contribution >= 4 is 0 Å². The van der Waals surface area contributed by atoms with Gasteiger partial charge in [-0.15, -0.1) is 0 Å². The van der Waals surface area contributed by atoms with Crippen LogP contribution in [-0.2, 0) is 0 Å². The molecule has 0 aromatic heterocycles. The standard InChI is InChI=1S/C15H28N2/c1-12-11-17(3)13(2)9-15(12)16-10-14-7-5-4-6-8-14/h4-5,12-16H,6-11H2,1-3H3. The summed E-state index contributed by atoms with van der Waals surface area (Å²) >= 11 is 0. The summed E-state index contributed by atoms with van der Waals surface area (Å²) in [6.45, 7) is 7.20. The second kappa shape index (κ2) is 6.01. The van der Waals surface area contributed by atoms with Crippen molar-refractivity contribution in [1.82, 2.24) is 10.2 Å². The third-order valence-corrected chi connectivity index (χ3v) is 4.66. The van der Waals surface area contributed by atoms with E-state index in [2.05, 4.69) is 43.3 Å². The predicted molar refractivity (Wildman–Crippen MR) is 74.1 cm³/mol. The van der Waals surface area contributed by atoms with Gasteiger partial charge in [0.2, 0.25) is 0 Å². The quantitative estimate of drug-likeness (QED) is 0.758. The number of hydrogen-bond acceptors (Lipinski definition) is 2. The molecule has 4 unspecified atom stereocenters. The van der Waals surface area contributed by atoms with Crippen molar-refractivity contribution in [1.29, 1.82) is 0 Å². The number of piperidine rings is 1. The second-order valence-corrected chi connectivity index (χ2v) is 6.17. The average Bonchev–Trinajstić information content (AvgIpc) is 2.33. The first-order chi connectivity index (χ1) is 8.16. The largest absolute Gasteiger partial charge is 0.313 e. The molecule has 0 amide bonds. The molecule has 0 bridgehead atoms. The Balaban J connectivity index is 1.76. The second-order valence-electron chi connectivity index (χ2n) is 6.17. The molecule has 0 aromatic rings. The predicted octanol–water partition coefficient (Wildman–Crippen LogP) is 2.66. The van der Waals surface area contributed by atoms with Gasteiger partial charge in [0.25, 0.3) is 0 Å². The zero-order chi connectivity index (χ0) is 12.3. The molecule has 1 fully saturated rings. The molecule has 2 rings (SSSR count). The Morgan fingerprint density at radius 1 is 1.29 bits per heavy atom. The first kappa shape index (κ1) is 13.1. The Labute approximate surface area is 106 Å². The van der Waals surface area contributed by atoms with Crippen LogP contribution in [-0.4, -0.2) is 37.1 Å². The average molecular weight is 236 g/mol. The van der Waals surface area contributed by atoms with Crippen LogP contribution in [0.1, 0.15) is 39.5 Å². The van der Waals surface area contributed by atoms with E-state index in [1.165, 1.54) is 38.8 Å². The maximum absolute atomic E-state index is 3.83. The van der Waals surface area contributed by atoms with Gasteiger partial charge in [-0.3, -0.25) is 0 Å². The Morgan fingerprint density at radius 2 is 2.12 bits per heavy atom. The fourth-order valence-electron chi connectivity index (χ4n) is 3.19. The van der Waals surface area contributed by atoms with Gasteiger partial charge in [-0.2, -0.15) is 0 Å². The van der Waals surface area contributed by atoms with Crippen molar-refractivity contribution in [2.75, 3.05) is 20.1 Å². The van der Waals surface area contributed by atoms with Crippen molar-refractivity contribution in [3.8, 4) is 0 Å². The third-order valence-electron chi connectivity index (χ3n) is 4.66. The van der Waals surface area contributed by atoms with E-state index in [9.17, 15) is 0 Å². The van der Waals surface area contributed by atoms with Crippen molar-refractivity contribution < 1.29 is 0 Å². The van der Waals surface area contributed by atoms with Crippen LogP contribution in [0.15, 0.2) is 12.2 Å². The van der Waals surface area contributed by atoms with Crippen LogP contribution in [0.2, 0.25) is 0 Å². The van der Waals surface area contributed by atoms with Crippen molar-refractivity contribution in [2.45, 2.75) is 51.6 Å². The van der Waals surface area contributed by atoms with Crippen LogP contribution in [0.4, 0.5) is 0 Å². The summed E-state index contributed by atoms with van der Waals surface area (Å²) in [5, 5.41) is 3.83. The molecule has 2 heteroatoms. The van der Waals surface area contributed by atoms with Gasteiger partial charge in [-0.05, 0) is 58.0 Å². The monoisotopic (exact) mass is 236 g/mol. The minimum absolute atomic E-state index is 0.729. The van der Waals surface area contributed by atoms with Crippen LogP contribution in [0.25, 0.3) is 0 Å². The highest BCUT2D eigenvalue weighted by Crippen LogP contribution is 2.22. The number of nitrogens with one attached hydrogen (secondary N) is 1. The first-order valence-electron chi connectivity index (χ1n) is 7.25. The lowest BCUT2D eigenvalue weighted by molar-refractivity contribution is 0.119. The Hall–Kier alpha value is -0.340. The van der Waals surface area contributed by atoms with E-state index in [0.717, 1.165) is 23.9 Å². The zero-order valence-corrected chi connectivity index (χ0v) is 11.7. The topological polar surface area (TPSA) is 15.3 Å². The minimum Gasteiger partial charge on any atom is -0.313 e. The lowest BCUT2D eigenvalue weighted by atomic mass is 9.88. The van der Waals surface area contributed by atoms with Crippen molar-refractivity contribution in [2.24, 2.45) is 11.8 Å². The van der Waals surface area contributed by atoms with Crippen LogP contribution in [0.3, 0.4) is 0 Å². The van der Waals surface area contributed by atoms with Gasteiger partial charge in [0.1, 0.15) is 0 Å². The summed E-state index contributed by atoms with van der Waals surface area (Å²) in [5.74, 6) is 1.66.